The molecular weight excluding hydrogens is 216 g/mol. The maximum atomic E-state index is 12.2. The number of fused-ring (bicyclic) bond motifs is 3. The minimum absolute atomic E-state index is 0.0298. The van der Waals surface area contributed by atoms with Crippen LogP contribution < -0.4 is 0 Å². The first-order valence-corrected chi connectivity index (χ1v) is 6.56. The van der Waals surface area contributed by atoms with E-state index >= 15 is 0 Å². The molecule has 94 valence electrons. The summed E-state index contributed by atoms with van der Waals surface area (Å²) in [6.45, 7) is 4.18. The van der Waals surface area contributed by atoms with Crippen LogP contribution in [0.4, 0.5) is 0 Å². The molecule has 2 aliphatic carbocycles. The van der Waals surface area contributed by atoms with Crippen LogP contribution in [0.3, 0.4) is 0 Å². The fourth-order valence-electron chi connectivity index (χ4n) is 3.61. The van der Waals surface area contributed by atoms with Crippen molar-refractivity contribution in [3.05, 3.63) is 11.3 Å². The van der Waals surface area contributed by atoms with Crippen LogP contribution in [0, 0.1) is 11.3 Å². The van der Waals surface area contributed by atoms with Gasteiger partial charge in [-0.15, -0.1) is 0 Å². The van der Waals surface area contributed by atoms with Crippen molar-refractivity contribution in [3.8, 4) is 0 Å². The molecule has 0 aromatic heterocycles. The second-order valence-corrected chi connectivity index (χ2v) is 6.62. The monoisotopic (exact) mass is 236 g/mol. The van der Waals surface area contributed by atoms with Gasteiger partial charge in [0.25, 0.3) is 0 Å². The molecule has 0 amide bonds. The summed E-state index contributed by atoms with van der Waals surface area (Å²) in [5, 5.41) is 10.3. The molecule has 1 fully saturated rings. The lowest BCUT2D eigenvalue weighted by molar-refractivity contribution is -0.218. The molecule has 1 saturated carbocycles. The zero-order valence-corrected chi connectivity index (χ0v) is 10.6. The number of ether oxygens (including phenoxy) is 1. The molecule has 3 heteroatoms. The normalized spacial score (nSPS) is 39.7. The average molecular weight is 236 g/mol. The minimum Gasteiger partial charge on any atom is -0.466 e. The molecule has 1 aliphatic heterocycles. The standard InChI is InChI=1S/C14H20O3/c1-13(2)7-10(15)12-9-4-3-5-14(16,6-9)17-11(12)8-13/h9,16H,3-8H2,1-2H3/t9-,14+/m1/s1. The van der Waals surface area contributed by atoms with Gasteiger partial charge in [-0.1, -0.05) is 13.8 Å². The zero-order chi connectivity index (χ0) is 12.3. The highest BCUT2D eigenvalue weighted by molar-refractivity contribution is 5.97. The molecule has 0 spiro atoms. The van der Waals surface area contributed by atoms with E-state index in [1.54, 1.807) is 0 Å². The number of aliphatic hydroxyl groups is 1. The number of Topliss-reactive ketones (excluding diaryl/α,β-unsaturated/α-hetero) is 1. The van der Waals surface area contributed by atoms with E-state index in [-0.39, 0.29) is 17.1 Å². The molecule has 3 rings (SSSR count). The third kappa shape index (κ3) is 1.81. The lowest BCUT2D eigenvalue weighted by Gasteiger charge is -2.46. The molecule has 0 radical (unpaired) electrons. The molecule has 0 aromatic carbocycles. The van der Waals surface area contributed by atoms with Gasteiger partial charge in [0.15, 0.2) is 5.78 Å². The topological polar surface area (TPSA) is 46.5 Å². The van der Waals surface area contributed by atoms with Crippen LogP contribution in [0.1, 0.15) is 52.4 Å². The average Bonchev–Trinajstić information content (AvgIpc) is 2.12. The van der Waals surface area contributed by atoms with E-state index in [4.69, 9.17) is 4.74 Å². The van der Waals surface area contributed by atoms with Gasteiger partial charge in [0.2, 0.25) is 5.79 Å². The Morgan fingerprint density at radius 2 is 2.12 bits per heavy atom. The van der Waals surface area contributed by atoms with E-state index in [0.29, 0.717) is 19.3 Å². The summed E-state index contributed by atoms with van der Waals surface area (Å²) in [5.74, 6) is 0.270. The summed E-state index contributed by atoms with van der Waals surface area (Å²) < 4.78 is 5.77. The van der Waals surface area contributed by atoms with E-state index in [1.807, 2.05) is 0 Å². The van der Waals surface area contributed by atoms with Crippen molar-refractivity contribution < 1.29 is 14.6 Å². The maximum absolute atomic E-state index is 12.2. The Hall–Kier alpha value is -0.830. The first kappa shape index (κ1) is 11.3. The van der Waals surface area contributed by atoms with Crippen molar-refractivity contribution in [1.82, 2.24) is 0 Å². The van der Waals surface area contributed by atoms with Crippen LogP contribution >= 0.6 is 0 Å². The predicted molar refractivity (Wildman–Crippen MR) is 63.0 cm³/mol. The van der Waals surface area contributed by atoms with Crippen LogP contribution in [-0.2, 0) is 9.53 Å². The molecule has 0 unspecified atom stereocenters. The first-order valence-electron chi connectivity index (χ1n) is 6.56. The number of ketones is 1. The van der Waals surface area contributed by atoms with Crippen molar-refractivity contribution in [2.24, 2.45) is 11.3 Å². The quantitative estimate of drug-likeness (QED) is 0.703. The number of carbonyl (C=O) groups is 1. The summed E-state index contributed by atoms with van der Waals surface area (Å²) in [5.41, 5.74) is 0.867. The summed E-state index contributed by atoms with van der Waals surface area (Å²) in [4.78, 5) is 12.2. The zero-order valence-electron chi connectivity index (χ0n) is 10.6. The molecule has 3 aliphatic rings. The Labute approximate surface area is 102 Å². The Bertz CT molecular complexity index is 408. The van der Waals surface area contributed by atoms with Crippen LogP contribution in [-0.4, -0.2) is 16.7 Å². The largest absolute Gasteiger partial charge is 0.466 e. The molecule has 2 atom stereocenters. The summed E-state index contributed by atoms with van der Waals surface area (Å²) >= 11 is 0. The summed E-state index contributed by atoms with van der Waals surface area (Å²) in [6.07, 6.45) is 4.69. The second kappa shape index (κ2) is 3.35. The van der Waals surface area contributed by atoms with Gasteiger partial charge in [0, 0.05) is 31.3 Å². The molecule has 3 nitrogen and oxygen atoms in total. The lowest BCUT2D eigenvalue weighted by atomic mass is 9.68. The van der Waals surface area contributed by atoms with E-state index in [2.05, 4.69) is 13.8 Å². The van der Waals surface area contributed by atoms with E-state index < -0.39 is 5.79 Å². The summed E-state index contributed by atoms with van der Waals surface area (Å²) in [7, 11) is 0. The number of rotatable bonds is 0. The molecule has 1 heterocycles. The number of hydrogen-bond acceptors (Lipinski definition) is 3. The highest BCUT2D eigenvalue weighted by atomic mass is 16.6. The van der Waals surface area contributed by atoms with Crippen LogP contribution in [0.25, 0.3) is 0 Å². The van der Waals surface area contributed by atoms with Gasteiger partial charge < -0.3 is 9.84 Å². The molecule has 1 N–H and O–H groups in total. The Balaban J connectivity index is 2.02. The molecule has 17 heavy (non-hydrogen) atoms. The highest BCUT2D eigenvalue weighted by Gasteiger charge is 2.48. The van der Waals surface area contributed by atoms with Gasteiger partial charge in [-0.2, -0.15) is 0 Å². The Kier molecular flexibility index (Phi) is 2.22. The smallest absolute Gasteiger partial charge is 0.208 e. The van der Waals surface area contributed by atoms with Gasteiger partial charge in [-0.25, -0.2) is 0 Å². The van der Waals surface area contributed by atoms with Gasteiger partial charge in [-0.3, -0.25) is 4.79 Å². The lowest BCUT2D eigenvalue weighted by Crippen LogP contribution is -2.46. The second-order valence-electron chi connectivity index (χ2n) is 6.62. The van der Waals surface area contributed by atoms with E-state index in [0.717, 1.165) is 30.6 Å². The molecule has 0 aromatic rings. The third-order valence-corrected chi connectivity index (χ3v) is 4.29. The van der Waals surface area contributed by atoms with Crippen molar-refractivity contribution >= 4 is 5.78 Å². The fraction of sp³-hybridized carbons (Fsp3) is 0.786. The Morgan fingerprint density at radius 1 is 1.35 bits per heavy atom. The third-order valence-electron chi connectivity index (χ3n) is 4.29. The van der Waals surface area contributed by atoms with Crippen molar-refractivity contribution in [1.29, 1.82) is 0 Å². The van der Waals surface area contributed by atoms with Gasteiger partial charge in [-0.05, 0) is 24.2 Å². The fourth-order valence-corrected chi connectivity index (χ4v) is 3.61. The van der Waals surface area contributed by atoms with Crippen molar-refractivity contribution in [2.45, 2.75) is 58.2 Å². The van der Waals surface area contributed by atoms with Crippen LogP contribution in [0.15, 0.2) is 11.3 Å². The number of hydrogen-bond donors (Lipinski definition) is 1. The van der Waals surface area contributed by atoms with Crippen LogP contribution in [0.2, 0.25) is 0 Å². The Morgan fingerprint density at radius 3 is 2.88 bits per heavy atom. The molecule has 2 bridgehead atoms. The molecular formula is C14H20O3. The van der Waals surface area contributed by atoms with Crippen molar-refractivity contribution in [2.75, 3.05) is 0 Å². The van der Waals surface area contributed by atoms with Gasteiger partial charge in [0.05, 0.1) is 0 Å². The SMILES string of the molecule is CC1(C)CC(=O)C2=C(C1)O[C@@]1(O)CCC[C@@H]2C1. The number of carbonyl (C=O) groups excluding carboxylic acids is 1. The van der Waals surface area contributed by atoms with E-state index in [1.165, 1.54) is 0 Å². The summed E-state index contributed by atoms with van der Waals surface area (Å²) in [6, 6.07) is 0. The van der Waals surface area contributed by atoms with Crippen molar-refractivity contribution in [3.63, 3.8) is 0 Å². The number of allylic oxidation sites excluding steroid dienone is 2. The maximum Gasteiger partial charge on any atom is 0.208 e. The predicted octanol–water partition coefficient (Wildman–Crippen LogP) is 2.54. The van der Waals surface area contributed by atoms with Gasteiger partial charge >= 0.3 is 0 Å². The molecule has 0 saturated heterocycles. The first-order chi connectivity index (χ1) is 7.89. The highest BCUT2D eigenvalue weighted by Crippen LogP contribution is 2.50. The van der Waals surface area contributed by atoms with E-state index in [9.17, 15) is 9.90 Å². The minimum atomic E-state index is -0.991. The van der Waals surface area contributed by atoms with Gasteiger partial charge in [0.1, 0.15) is 5.76 Å². The van der Waals surface area contributed by atoms with Crippen LogP contribution in [0.5, 0.6) is 0 Å².